The second-order valence-corrected chi connectivity index (χ2v) is 8.30. The van der Waals surface area contributed by atoms with Crippen molar-refractivity contribution in [3.05, 3.63) is 53.7 Å². The monoisotopic (exact) mass is 556 g/mol. The fraction of sp³-hybridized carbons (Fsp3) is 0.522. The topological polar surface area (TPSA) is 122 Å². The van der Waals surface area contributed by atoms with Crippen molar-refractivity contribution in [2.75, 3.05) is 13.2 Å². The molecule has 0 amide bonds. The SMILES string of the molecule is Cc1ccc(CN2C[C@H](OCc3cccnc3)[C@H]3OCCC[C@H]32)o1.O=C(O)C(F)(F)F.O=C(O)C(F)(F)F. The lowest BCUT2D eigenvalue weighted by Gasteiger charge is -2.32. The van der Waals surface area contributed by atoms with Crippen molar-refractivity contribution in [2.24, 2.45) is 0 Å². The number of carboxylic acid groups (broad SMARTS) is 2. The van der Waals surface area contributed by atoms with Gasteiger partial charge in [-0.3, -0.25) is 9.88 Å². The number of carbonyl (C=O) groups is 2. The Morgan fingerprint density at radius 3 is 2.24 bits per heavy atom. The third-order valence-electron chi connectivity index (χ3n) is 5.41. The number of aryl methyl sites for hydroxylation is 1. The van der Waals surface area contributed by atoms with E-state index in [1.807, 2.05) is 31.3 Å². The van der Waals surface area contributed by atoms with E-state index in [0.29, 0.717) is 12.6 Å². The van der Waals surface area contributed by atoms with E-state index in [1.54, 1.807) is 6.20 Å². The molecular formula is C23H26F6N2O7. The Hall–Kier alpha value is -3.17. The molecule has 3 atom stereocenters. The normalized spacial score (nSPS) is 21.4. The van der Waals surface area contributed by atoms with Gasteiger partial charge in [-0.1, -0.05) is 6.07 Å². The van der Waals surface area contributed by atoms with Gasteiger partial charge in [0.15, 0.2) is 0 Å². The van der Waals surface area contributed by atoms with Crippen molar-refractivity contribution in [3.8, 4) is 0 Å². The Bertz CT molecular complexity index is 1010. The molecule has 0 radical (unpaired) electrons. The molecule has 38 heavy (non-hydrogen) atoms. The fourth-order valence-corrected chi connectivity index (χ4v) is 3.79. The molecule has 0 aromatic carbocycles. The highest BCUT2D eigenvalue weighted by Crippen LogP contribution is 2.32. The second kappa shape index (κ2) is 13.6. The van der Waals surface area contributed by atoms with Crippen LogP contribution in [0.25, 0.3) is 0 Å². The van der Waals surface area contributed by atoms with Gasteiger partial charge in [0.2, 0.25) is 0 Å². The summed E-state index contributed by atoms with van der Waals surface area (Å²) in [5, 5.41) is 14.2. The molecule has 0 bridgehead atoms. The molecule has 2 aromatic rings. The van der Waals surface area contributed by atoms with E-state index < -0.39 is 24.3 Å². The number of aromatic nitrogens is 1. The van der Waals surface area contributed by atoms with Gasteiger partial charge in [0, 0.05) is 31.6 Å². The number of aliphatic carboxylic acids is 2. The Kier molecular flexibility index (Phi) is 11.1. The van der Waals surface area contributed by atoms with Gasteiger partial charge in [-0.15, -0.1) is 0 Å². The number of furan rings is 1. The quantitative estimate of drug-likeness (QED) is 0.522. The molecule has 2 N–H and O–H groups in total. The predicted molar refractivity (Wildman–Crippen MR) is 117 cm³/mol. The Morgan fingerprint density at radius 1 is 1.11 bits per heavy atom. The van der Waals surface area contributed by atoms with E-state index in [4.69, 9.17) is 33.7 Å². The molecule has 2 saturated heterocycles. The largest absolute Gasteiger partial charge is 0.490 e. The molecule has 4 rings (SSSR count). The smallest absolute Gasteiger partial charge is 0.475 e. The van der Waals surface area contributed by atoms with E-state index in [2.05, 4.69) is 16.0 Å². The number of rotatable bonds is 5. The van der Waals surface area contributed by atoms with Crippen molar-refractivity contribution >= 4 is 11.9 Å². The highest BCUT2D eigenvalue weighted by atomic mass is 19.4. The Morgan fingerprint density at radius 2 is 1.74 bits per heavy atom. The molecule has 4 heterocycles. The van der Waals surface area contributed by atoms with E-state index in [1.165, 1.54) is 0 Å². The summed E-state index contributed by atoms with van der Waals surface area (Å²) < 4.78 is 81.5. The highest BCUT2D eigenvalue weighted by Gasteiger charge is 2.45. The second-order valence-electron chi connectivity index (χ2n) is 8.30. The maximum Gasteiger partial charge on any atom is 0.490 e. The van der Waals surface area contributed by atoms with Crippen LogP contribution in [0.1, 0.15) is 29.9 Å². The zero-order valence-electron chi connectivity index (χ0n) is 20.0. The number of nitrogens with zero attached hydrogens (tertiary/aromatic N) is 2. The Labute approximate surface area is 213 Å². The van der Waals surface area contributed by atoms with E-state index in [9.17, 15) is 26.3 Å². The van der Waals surface area contributed by atoms with Crippen molar-refractivity contribution in [1.82, 2.24) is 9.88 Å². The summed E-state index contributed by atoms with van der Waals surface area (Å²) in [6, 6.07) is 8.50. The van der Waals surface area contributed by atoms with Crippen LogP contribution in [-0.4, -0.2) is 75.8 Å². The van der Waals surface area contributed by atoms with Crippen LogP contribution >= 0.6 is 0 Å². The maximum atomic E-state index is 10.6. The van der Waals surface area contributed by atoms with Crippen molar-refractivity contribution in [3.63, 3.8) is 0 Å². The van der Waals surface area contributed by atoms with Gasteiger partial charge in [0.25, 0.3) is 0 Å². The van der Waals surface area contributed by atoms with Crippen LogP contribution in [0.3, 0.4) is 0 Å². The minimum absolute atomic E-state index is 0.103. The zero-order chi connectivity index (χ0) is 28.5. The molecule has 2 aliphatic rings. The van der Waals surface area contributed by atoms with Crippen LogP contribution < -0.4 is 0 Å². The van der Waals surface area contributed by atoms with E-state index in [0.717, 1.165) is 49.6 Å². The van der Waals surface area contributed by atoms with Gasteiger partial charge in [-0.2, -0.15) is 26.3 Å². The first-order chi connectivity index (χ1) is 17.7. The molecule has 0 aliphatic carbocycles. The van der Waals surface area contributed by atoms with Gasteiger partial charge >= 0.3 is 24.3 Å². The number of likely N-dealkylation sites (tertiary alicyclic amines) is 1. The van der Waals surface area contributed by atoms with Crippen LogP contribution in [0.15, 0.2) is 41.1 Å². The first-order valence-electron chi connectivity index (χ1n) is 11.2. The number of hydrogen-bond acceptors (Lipinski definition) is 7. The number of fused-ring (bicyclic) bond motifs is 1. The van der Waals surface area contributed by atoms with Crippen LogP contribution in [-0.2, 0) is 32.2 Å². The standard InChI is InChI=1S/C19H24N2O3.2C2HF3O2/c1-14-6-7-16(24-14)11-21-12-18(19-17(21)5-3-9-22-19)23-13-15-4-2-8-20-10-15;2*3-2(4,5)1(6)7/h2,4,6-8,10,17-19H,3,5,9,11-13H2,1H3;2*(H,6,7)/t17-,18+,19+;;/m1../s1. The Balaban J connectivity index is 0.000000301. The molecule has 15 heteroatoms. The molecule has 0 spiro atoms. The molecule has 212 valence electrons. The first-order valence-corrected chi connectivity index (χ1v) is 11.2. The van der Waals surface area contributed by atoms with Crippen LogP contribution in [0, 0.1) is 6.92 Å². The lowest BCUT2D eigenvalue weighted by Crippen LogP contribution is -2.41. The lowest BCUT2D eigenvalue weighted by atomic mass is 10.0. The number of halogens is 6. The third kappa shape index (κ3) is 9.95. The number of carboxylic acids is 2. The average Bonchev–Trinajstić information content (AvgIpc) is 3.41. The maximum absolute atomic E-state index is 10.6. The number of hydrogen-bond donors (Lipinski definition) is 2. The third-order valence-corrected chi connectivity index (χ3v) is 5.41. The van der Waals surface area contributed by atoms with Crippen LogP contribution in [0.2, 0.25) is 0 Å². The minimum atomic E-state index is -5.08. The minimum Gasteiger partial charge on any atom is -0.475 e. The van der Waals surface area contributed by atoms with Crippen molar-refractivity contribution in [2.45, 2.75) is 63.5 Å². The molecule has 2 aliphatic heterocycles. The summed E-state index contributed by atoms with van der Waals surface area (Å²) in [6.07, 6.45) is -3.98. The predicted octanol–water partition coefficient (Wildman–Crippen LogP) is 4.20. The van der Waals surface area contributed by atoms with Crippen molar-refractivity contribution < 1.29 is 60.0 Å². The molecule has 0 unspecified atom stereocenters. The molecule has 2 aromatic heterocycles. The van der Waals surface area contributed by atoms with Gasteiger partial charge in [0.1, 0.15) is 17.6 Å². The van der Waals surface area contributed by atoms with Gasteiger partial charge in [-0.25, -0.2) is 9.59 Å². The summed E-state index contributed by atoms with van der Waals surface area (Å²) in [6.45, 7) is 5.11. The average molecular weight is 556 g/mol. The molecular weight excluding hydrogens is 530 g/mol. The molecule has 2 fully saturated rings. The summed E-state index contributed by atoms with van der Waals surface area (Å²) in [5.41, 5.74) is 1.10. The van der Waals surface area contributed by atoms with Crippen molar-refractivity contribution in [1.29, 1.82) is 0 Å². The summed E-state index contributed by atoms with van der Waals surface area (Å²) in [7, 11) is 0. The number of ether oxygens (including phenoxy) is 2. The number of alkyl halides is 6. The summed E-state index contributed by atoms with van der Waals surface area (Å²) in [4.78, 5) is 24.4. The van der Waals surface area contributed by atoms with E-state index >= 15 is 0 Å². The van der Waals surface area contributed by atoms with Crippen LogP contribution in [0.5, 0.6) is 0 Å². The van der Waals surface area contributed by atoms with Gasteiger partial charge in [0.05, 0.1) is 19.3 Å². The van der Waals surface area contributed by atoms with E-state index in [-0.39, 0.29) is 12.2 Å². The van der Waals surface area contributed by atoms with Gasteiger partial charge < -0.3 is 24.1 Å². The fourth-order valence-electron chi connectivity index (χ4n) is 3.79. The zero-order valence-corrected chi connectivity index (χ0v) is 20.0. The van der Waals surface area contributed by atoms with Gasteiger partial charge in [-0.05, 0) is 43.5 Å². The molecule has 9 nitrogen and oxygen atoms in total. The number of pyridine rings is 1. The lowest BCUT2D eigenvalue weighted by molar-refractivity contribution is -0.193. The highest BCUT2D eigenvalue weighted by molar-refractivity contribution is 5.73. The molecule has 0 saturated carbocycles. The van der Waals surface area contributed by atoms with Crippen LogP contribution in [0.4, 0.5) is 26.3 Å². The summed E-state index contributed by atoms with van der Waals surface area (Å²) in [5.74, 6) is -3.53. The summed E-state index contributed by atoms with van der Waals surface area (Å²) >= 11 is 0. The first kappa shape index (κ1) is 31.1.